The molecule has 2 nitrogen and oxygen atoms in total. The van der Waals surface area contributed by atoms with Crippen molar-refractivity contribution in [1.29, 1.82) is 0 Å². The first kappa shape index (κ1) is 10.0. The van der Waals surface area contributed by atoms with Gasteiger partial charge in [0, 0.05) is 18.7 Å². The third-order valence-electron chi connectivity index (χ3n) is 2.20. The molecule has 5 heteroatoms. The molecule has 15 heavy (non-hydrogen) atoms. The van der Waals surface area contributed by atoms with Gasteiger partial charge in [-0.1, -0.05) is 0 Å². The summed E-state index contributed by atoms with van der Waals surface area (Å²) in [6, 6.07) is 2.12. The molecule has 1 heterocycles. The van der Waals surface area contributed by atoms with Gasteiger partial charge in [-0.05, 0) is 6.42 Å². The number of halogens is 3. The Bertz CT molecular complexity index is 479. The number of aryl methyl sites for hydroxylation is 1. The van der Waals surface area contributed by atoms with Gasteiger partial charge >= 0.3 is 0 Å². The van der Waals surface area contributed by atoms with Crippen molar-refractivity contribution in [1.82, 2.24) is 9.55 Å². The monoisotopic (exact) mass is 214 g/mol. The Balaban J connectivity index is 2.45. The molecule has 80 valence electrons. The summed E-state index contributed by atoms with van der Waals surface area (Å²) in [4.78, 5) is 3.91. The molecular weight excluding hydrogens is 205 g/mol. The predicted octanol–water partition coefficient (Wildman–Crippen LogP) is 2.67. The summed E-state index contributed by atoms with van der Waals surface area (Å²) in [6.45, 7) is -0.0264. The van der Waals surface area contributed by atoms with Crippen LogP contribution in [-0.4, -0.2) is 16.2 Å². The average molecular weight is 214 g/mol. The molecule has 1 aromatic carbocycles. The number of rotatable bonds is 3. The van der Waals surface area contributed by atoms with Crippen LogP contribution >= 0.6 is 0 Å². The minimum atomic E-state index is -0.918. The number of benzene rings is 1. The maximum absolute atomic E-state index is 12.9. The lowest BCUT2D eigenvalue weighted by molar-refractivity contribution is 0.449. The van der Waals surface area contributed by atoms with E-state index in [-0.39, 0.29) is 0 Å². The van der Waals surface area contributed by atoms with Crippen LogP contribution in [0.5, 0.6) is 0 Å². The van der Waals surface area contributed by atoms with Gasteiger partial charge < -0.3 is 4.57 Å². The molecule has 0 aliphatic carbocycles. The average Bonchev–Trinajstić information content (AvgIpc) is 2.59. The van der Waals surface area contributed by atoms with Gasteiger partial charge in [0.05, 0.1) is 24.0 Å². The molecule has 0 N–H and O–H groups in total. The van der Waals surface area contributed by atoms with Gasteiger partial charge in [0.2, 0.25) is 0 Å². The number of hydrogen-bond donors (Lipinski definition) is 0. The molecule has 1 aromatic heterocycles. The van der Waals surface area contributed by atoms with Gasteiger partial charge in [-0.25, -0.2) is 13.8 Å². The molecule has 0 saturated heterocycles. The fraction of sp³-hybridized carbons (Fsp3) is 0.300. The number of aromatic nitrogens is 2. The summed E-state index contributed by atoms with van der Waals surface area (Å²) in [6.07, 6.45) is 1.80. The van der Waals surface area contributed by atoms with E-state index in [1.54, 1.807) is 4.57 Å². The van der Waals surface area contributed by atoms with Crippen LogP contribution in [0.4, 0.5) is 13.2 Å². The van der Waals surface area contributed by atoms with Crippen LogP contribution in [0.15, 0.2) is 18.5 Å². The number of hydrogen-bond acceptors (Lipinski definition) is 1. The maximum atomic E-state index is 12.9. The molecule has 0 fully saturated rings. The molecule has 0 saturated carbocycles. The lowest BCUT2D eigenvalue weighted by Crippen LogP contribution is -1.97. The van der Waals surface area contributed by atoms with Crippen LogP contribution < -0.4 is 0 Å². The zero-order valence-corrected chi connectivity index (χ0v) is 7.88. The Morgan fingerprint density at radius 3 is 2.67 bits per heavy atom. The predicted molar refractivity (Wildman–Crippen MR) is 50.2 cm³/mol. The van der Waals surface area contributed by atoms with E-state index in [0.717, 1.165) is 12.1 Å². The third kappa shape index (κ3) is 1.82. The highest BCUT2D eigenvalue weighted by Crippen LogP contribution is 2.17. The summed E-state index contributed by atoms with van der Waals surface area (Å²) >= 11 is 0. The Morgan fingerprint density at radius 1 is 1.20 bits per heavy atom. The van der Waals surface area contributed by atoms with Gasteiger partial charge in [-0.15, -0.1) is 0 Å². The Morgan fingerprint density at radius 2 is 1.93 bits per heavy atom. The van der Waals surface area contributed by atoms with E-state index in [4.69, 9.17) is 0 Å². The van der Waals surface area contributed by atoms with Gasteiger partial charge in [0.25, 0.3) is 0 Å². The Hall–Kier alpha value is -1.52. The van der Waals surface area contributed by atoms with E-state index in [1.807, 2.05) is 0 Å². The standard InChI is InChI=1S/C10H9F3N2/c11-2-1-3-15-6-14-9-4-7(12)8(13)5-10(9)15/h4-6H,1-3H2. The summed E-state index contributed by atoms with van der Waals surface area (Å²) in [7, 11) is 0. The second kappa shape index (κ2) is 3.92. The Labute approximate surface area is 84.3 Å². The summed E-state index contributed by atoms with van der Waals surface area (Å²) in [5.74, 6) is -1.83. The first-order valence-electron chi connectivity index (χ1n) is 4.58. The Kier molecular flexibility index (Phi) is 2.62. The van der Waals surface area contributed by atoms with Gasteiger partial charge in [0.1, 0.15) is 0 Å². The molecule has 2 rings (SSSR count). The zero-order valence-electron chi connectivity index (χ0n) is 7.88. The van der Waals surface area contributed by atoms with Crippen LogP contribution in [-0.2, 0) is 6.54 Å². The lowest BCUT2D eigenvalue weighted by Gasteiger charge is -2.01. The molecule has 0 unspecified atom stereocenters. The molecular formula is C10H9F3N2. The van der Waals surface area contributed by atoms with Crippen LogP contribution in [0.3, 0.4) is 0 Å². The van der Waals surface area contributed by atoms with Crippen molar-refractivity contribution in [2.45, 2.75) is 13.0 Å². The highest BCUT2D eigenvalue weighted by Gasteiger charge is 2.08. The molecule has 0 spiro atoms. The first-order valence-corrected chi connectivity index (χ1v) is 4.58. The van der Waals surface area contributed by atoms with Crippen molar-refractivity contribution >= 4 is 11.0 Å². The SMILES string of the molecule is FCCCn1cnc2cc(F)c(F)cc21. The van der Waals surface area contributed by atoms with Crippen LogP contribution in [0.2, 0.25) is 0 Å². The van der Waals surface area contributed by atoms with Crippen molar-refractivity contribution in [3.05, 3.63) is 30.1 Å². The fourth-order valence-electron chi connectivity index (χ4n) is 1.46. The summed E-state index contributed by atoms with van der Waals surface area (Å²) in [5.41, 5.74) is 0.870. The van der Waals surface area contributed by atoms with E-state index in [9.17, 15) is 13.2 Å². The van der Waals surface area contributed by atoms with E-state index < -0.39 is 18.3 Å². The number of alkyl halides is 1. The van der Waals surface area contributed by atoms with Crippen molar-refractivity contribution in [3.8, 4) is 0 Å². The van der Waals surface area contributed by atoms with Crippen LogP contribution in [0.1, 0.15) is 6.42 Å². The van der Waals surface area contributed by atoms with Crippen molar-refractivity contribution < 1.29 is 13.2 Å². The smallest absolute Gasteiger partial charge is 0.161 e. The quantitative estimate of drug-likeness (QED) is 0.768. The van der Waals surface area contributed by atoms with Crippen molar-refractivity contribution in [2.75, 3.05) is 6.67 Å². The topological polar surface area (TPSA) is 17.8 Å². The molecule has 0 amide bonds. The van der Waals surface area contributed by atoms with Gasteiger partial charge in [0.15, 0.2) is 11.6 Å². The van der Waals surface area contributed by atoms with E-state index >= 15 is 0 Å². The number of fused-ring (bicyclic) bond motifs is 1. The van der Waals surface area contributed by atoms with Gasteiger partial charge in [-0.2, -0.15) is 0 Å². The summed E-state index contributed by atoms with van der Waals surface area (Å²) in [5, 5.41) is 0. The third-order valence-corrected chi connectivity index (χ3v) is 2.20. The summed E-state index contributed by atoms with van der Waals surface area (Å²) < 4.78 is 39.3. The minimum absolute atomic E-state index is 0.338. The molecule has 0 bridgehead atoms. The molecule has 0 radical (unpaired) electrons. The highest BCUT2D eigenvalue weighted by molar-refractivity contribution is 5.75. The van der Waals surface area contributed by atoms with E-state index in [1.165, 1.54) is 6.33 Å². The van der Waals surface area contributed by atoms with E-state index in [0.29, 0.717) is 24.0 Å². The van der Waals surface area contributed by atoms with Crippen LogP contribution in [0.25, 0.3) is 11.0 Å². The normalized spacial score (nSPS) is 11.1. The number of imidazole rings is 1. The number of nitrogens with zero attached hydrogens (tertiary/aromatic N) is 2. The first-order chi connectivity index (χ1) is 7.22. The fourth-order valence-corrected chi connectivity index (χ4v) is 1.46. The van der Waals surface area contributed by atoms with Crippen molar-refractivity contribution in [3.63, 3.8) is 0 Å². The maximum Gasteiger partial charge on any atom is 0.161 e. The lowest BCUT2D eigenvalue weighted by atomic mass is 10.3. The van der Waals surface area contributed by atoms with E-state index in [2.05, 4.69) is 4.98 Å². The van der Waals surface area contributed by atoms with Crippen molar-refractivity contribution in [2.24, 2.45) is 0 Å². The second-order valence-corrected chi connectivity index (χ2v) is 3.24. The minimum Gasteiger partial charge on any atom is -0.330 e. The van der Waals surface area contributed by atoms with Crippen LogP contribution in [0, 0.1) is 11.6 Å². The highest BCUT2D eigenvalue weighted by atomic mass is 19.2. The van der Waals surface area contributed by atoms with Gasteiger partial charge in [-0.3, -0.25) is 4.39 Å². The molecule has 0 aliphatic rings. The largest absolute Gasteiger partial charge is 0.330 e. The molecule has 2 aromatic rings. The second-order valence-electron chi connectivity index (χ2n) is 3.24. The zero-order chi connectivity index (χ0) is 10.8. The molecule has 0 aliphatic heterocycles. The molecule has 0 atom stereocenters.